The van der Waals surface area contributed by atoms with E-state index in [0.29, 0.717) is 19.3 Å². The third-order valence-corrected chi connectivity index (χ3v) is 21.3. The molecule has 63 nitrogen and oxygen atoms in total. The maximum atomic E-state index is 14.3. The van der Waals surface area contributed by atoms with Gasteiger partial charge in [-0.1, -0.05) is 0 Å². The summed E-state index contributed by atoms with van der Waals surface area (Å²) in [5.74, 6) is -23.5. The predicted molar refractivity (Wildman–Crippen MR) is 523 cm³/mol. The highest BCUT2D eigenvalue weighted by Crippen LogP contribution is 2.13. The van der Waals surface area contributed by atoms with Crippen molar-refractivity contribution in [3.63, 3.8) is 0 Å². The van der Waals surface area contributed by atoms with Crippen LogP contribution in [0.25, 0.3) is 0 Å². The number of nitrogens with one attached hydrogen (secondary N) is 27. The lowest BCUT2D eigenvalue weighted by molar-refractivity contribution is -0.143. The summed E-state index contributed by atoms with van der Waals surface area (Å²) in [6, 6.07) is -25.1. The Hall–Kier alpha value is -14.4. The van der Waals surface area contributed by atoms with Crippen LogP contribution in [0.5, 0.6) is 0 Å². The molecule has 0 aliphatic carbocycles. The van der Waals surface area contributed by atoms with E-state index in [4.69, 9.17) is 84.1 Å². The average molecular weight is 2090 g/mol. The van der Waals surface area contributed by atoms with Gasteiger partial charge in [0.2, 0.25) is 118 Å². The third kappa shape index (κ3) is 57.8. The molecule has 17 atom stereocenters. The molecule has 0 aromatic rings. The van der Waals surface area contributed by atoms with Crippen molar-refractivity contribution in [3.8, 4) is 0 Å². The number of carbonyl (C=O) groups is 21. The zero-order chi connectivity index (χ0) is 111. The van der Waals surface area contributed by atoms with Gasteiger partial charge in [-0.05, 0) is 189 Å². The number of nitrogens with two attached hydrogens (primary N) is 10. The van der Waals surface area contributed by atoms with Crippen LogP contribution in [0, 0.1) is 21.6 Å². The van der Waals surface area contributed by atoms with E-state index in [-0.39, 0.29) is 167 Å². The topological polar surface area (TPSA) is 1090 Å². The molecule has 0 spiro atoms. The van der Waals surface area contributed by atoms with E-state index in [0.717, 1.165) is 6.92 Å². The molecule has 0 aliphatic heterocycles. The Bertz CT molecular complexity index is 4290. The SMILES string of the molecule is CC(NC(=O)C(CCCCN)NC(=O)CNC(=O)CNC(=O)C(CCC(N)=O)NC(=O)C(CCCCN)NC(=O)CNC(=O)C(CCCNC(=N)N)NC(=O)CNC(=O)C(N)CO)C(=O)NC(CCCNC(=N)N)C(=O)NC(C)C(=O)NC(CCCCN)C(=O)NC(C)C(=O)NC(CCCCN)C(=O)NC(C(=O)NC(CCCNC(=N)N)C(=O)NC(CO)C(=O)NC(CO)C(=O)NC(CCCNC(=N)N)C(=O)O)C(C)O. The minimum absolute atomic E-state index is 0.0169. The molecule has 0 saturated heterocycles. The number of carboxylic acids is 1. The van der Waals surface area contributed by atoms with Gasteiger partial charge in [0.1, 0.15) is 96.7 Å². The maximum Gasteiger partial charge on any atom is 0.326 e. The van der Waals surface area contributed by atoms with Crippen molar-refractivity contribution < 1.29 is 126 Å². The quantitative estimate of drug-likeness (QED) is 0.0153. The smallest absolute Gasteiger partial charge is 0.326 e. The molecule has 0 fully saturated rings. The summed E-state index contributed by atoms with van der Waals surface area (Å²) in [6.07, 6.45) is -1.63. The summed E-state index contributed by atoms with van der Waals surface area (Å²) in [5, 5.41) is 135. The van der Waals surface area contributed by atoms with E-state index >= 15 is 0 Å². The third-order valence-electron chi connectivity index (χ3n) is 21.3. The van der Waals surface area contributed by atoms with Gasteiger partial charge < -0.3 is 205 Å². The molecule has 828 valence electrons. The first-order valence-corrected chi connectivity index (χ1v) is 47.5. The molecule has 0 heterocycles. The lowest BCUT2D eigenvalue weighted by atomic mass is 10.0. The van der Waals surface area contributed by atoms with Crippen molar-refractivity contribution in [2.75, 3.05) is 98.4 Å². The van der Waals surface area contributed by atoms with Crippen LogP contribution in [-0.4, -0.2) is 375 Å². The first-order chi connectivity index (χ1) is 68.9. The van der Waals surface area contributed by atoms with E-state index in [9.17, 15) is 121 Å². The number of hydrogen-bond donors (Lipinski definition) is 42. The Morgan fingerprint density at radius 1 is 0.253 bits per heavy atom. The molecule has 0 aliphatic rings. The highest BCUT2D eigenvalue weighted by molar-refractivity contribution is 6.02. The second-order valence-electron chi connectivity index (χ2n) is 33.8. The van der Waals surface area contributed by atoms with Gasteiger partial charge in [0.15, 0.2) is 23.8 Å². The van der Waals surface area contributed by atoms with Crippen LogP contribution >= 0.6 is 0 Å². The number of aliphatic carboxylic acids is 1. The molecule has 0 rings (SSSR count). The molecule has 146 heavy (non-hydrogen) atoms. The highest BCUT2D eigenvalue weighted by atomic mass is 16.4. The lowest BCUT2D eigenvalue weighted by Gasteiger charge is -2.28. The van der Waals surface area contributed by atoms with Gasteiger partial charge in [-0.25, -0.2) is 4.79 Å². The molecule has 0 aromatic carbocycles. The summed E-state index contributed by atoms with van der Waals surface area (Å²) in [7, 11) is 0. The minimum Gasteiger partial charge on any atom is -0.480 e. The van der Waals surface area contributed by atoms with E-state index in [1.54, 1.807) is 0 Å². The lowest BCUT2D eigenvalue weighted by Crippen LogP contribution is -2.62. The molecular weight excluding hydrogens is 1930 g/mol. The first-order valence-electron chi connectivity index (χ1n) is 47.5. The number of unbranched alkanes of at least 4 members (excludes halogenated alkanes) is 4. The second kappa shape index (κ2) is 74.5. The van der Waals surface area contributed by atoms with Crippen molar-refractivity contribution in [1.29, 1.82) is 21.6 Å². The number of carbonyl (C=O) groups excluding carboxylic acids is 20. The van der Waals surface area contributed by atoms with Gasteiger partial charge >= 0.3 is 5.97 Å². The fraction of sp³-hybridized carbons (Fsp3) is 0.699. The van der Waals surface area contributed by atoms with Gasteiger partial charge in [0.05, 0.1) is 52.1 Å². The zero-order valence-corrected chi connectivity index (χ0v) is 82.6. The maximum absolute atomic E-state index is 14.3. The van der Waals surface area contributed by atoms with E-state index in [1.807, 2.05) is 0 Å². The van der Waals surface area contributed by atoms with E-state index in [1.165, 1.54) is 20.8 Å². The van der Waals surface area contributed by atoms with Crippen molar-refractivity contribution in [1.82, 2.24) is 122 Å². The molecule has 0 aromatic heterocycles. The number of amides is 20. The van der Waals surface area contributed by atoms with Gasteiger partial charge in [0.25, 0.3) is 0 Å². The van der Waals surface area contributed by atoms with Crippen molar-refractivity contribution in [3.05, 3.63) is 0 Å². The Morgan fingerprint density at radius 3 is 0.788 bits per heavy atom. The van der Waals surface area contributed by atoms with Gasteiger partial charge in [-0.3, -0.25) is 118 Å². The van der Waals surface area contributed by atoms with Crippen LogP contribution in [0.15, 0.2) is 0 Å². The Balaban J connectivity index is 6.62. The van der Waals surface area contributed by atoms with Crippen LogP contribution in [0.3, 0.4) is 0 Å². The molecule has 0 radical (unpaired) electrons. The highest BCUT2D eigenvalue weighted by Gasteiger charge is 2.39. The number of aliphatic hydroxyl groups is 4. The van der Waals surface area contributed by atoms with Crippen molar-refractivity contribution in [2.45, 2.75) is 272 Å². The largest absolute Gasteiger partial charge is 0.480 e. The number of hydrogen-bond acceptors (Lipinski definition) is 34. The monoisotopic (exact) mass is 2090 g/mol. The van der Waals surface area contributed by atoms with Crippen LogP contribution < -0.4 is 180 Å². The standard InChI is InChI=1S/C83H155N37O26/c1-42(106-70(136)48(17-5-9-27-84)110-60(127)36-102-59(126)35-104-69(135)54(25-26-58(89)125)115-73(139)49(18-6-10-28-85)111-62(129)38-105-68(134)47(21-13-31-98-80(90)91)109-61(128)37-103-67(133)46(88)39-121)66(132)114-52(22-14-32-99-81(92)93)72(138)108-43(2)64(130)112-50(19-7-11-29-86)71(137)107-44(3)65(131)113-51(20-8-12-30-87)75(141)120-63(45(4)124)78(144)116-53(23-15-33-100-82(94)95)74(140)118-57(41-123)77(143)119-56(40-122)76(142)117-55(79(145)146)24-16-34-101-83(96)97/h42-57,63,121-124H,5-41,84-88H2,1-4H3,(H2,89,125)(H,102,126)(H,103,133)(H,104,135)(H,105,134)(H,106,136)(H,107,137)(H,108,138)(H,109,128)(H,110,127)(H,111,129)(H,112,130)(H,113,131)(H,114,132)(H,115,139)(H,116,144)(H,117,142)(H,118,140)(H,119,143)(H,120,141)(H,145,146)(H4,90,91,98)(H4,92,93,99)(H4,94,95,100)(H4,96,97,101). The van der Waals surface area contributed by atoms with Gasteiger partial charge in [-0.15, -0.1) is 0 Å². The van der Waals surface area contributed by atoms with E-state index < -0.39 is 304 Å². The summed E-state index contributed by atoms with van der Waals surface area (Å²) >= 11 is 0. The summed E-state index contributed by atoms with van der Waals surface area (Å²) in [4.78, 5) is 283. The Labute approximate surface area is 842 Å². The van der Waals surface area contributed by atoms with Crippen LogP contribution in [0.1, 0.15) is 169 Å². The Morgan fingerprint density at radius 2 is 0.493 bits per heavy atom. The van der Waals surface area contributed by atoms with Crippen molar-refractivity contribution >= 4 is 148 Å². The molecule has 63 heteroatoms. The summed E-state index contributed by atoms with van der Waals surface area (Å²) in [6.45, 7) is -0.801. The van der Waals surface area contributed by atoms with Gasteiger partial charge in [0, 0.05) is 32.6 Å². The minimum atomic E-state index is -1.93. The molecule has 0 bridgehead atoms. The zero-order valence-electron chi connectivity index (χ0n) is 82.6. The predicted octanol–water partition coefficient (Wildman–Crippen LogP) is -18.6. The number of guanidine groups is 4. The fourth-order valence-electron chi connectivity index (χ4n) is 13.1. The number of aliphatic hydroxyl groups excluding tert-OH is 4. The molecular formula is C83H155N37O26. The van der Waals surface area contributed by atoms with Crippen LogP contribution in [-0.2, 0) is 101 Å². The Kier molecular flexibility index (Phi) is 67.1. The summed E-state index contributed by atoms with van der Waals surface area (Å²) in [5.41, 5.74) is 55.3. The number of primary amides is 1. The molecule has 17 unspecified atom stereocenters. The molecule has 0 saturated carbocycles. The van der Waals surface area contributed by atoms with Crippen LogP contribution in [0.2, 0.25) is 0 Å². The average Bonchev–Trinajstić information content (AvgIpc) is 0.846. The molecule has 20 amide bonds. The van der Waals surface area contributed by atoms with E-state index in [2.05, 4.69) is 122 Å². The normalized spacial score (nSPS) is 14.4. The first kappa shape index (κ1) is 132. The van der Waals surface area contributed by atoms with Gasteiger partial charge in [-0.2, -0.15) is 0 Å². The fourth-order valence-corrected chi connectivity index (χ4v) is 13.1. The molecule has 52 N–H and O–H groups in total. The summed E-state index contributed by atoms with van der Waals surface area (Å²) < 4.78 is 0. The second-order valence-corrected chi connectivity index (χ2v) is 33.8. The van der Waals surface area contributed by atoms with Crippen LogP contribution in [0.4, 0.5) is 0 Å². The van der Waals surface area contributed by atoms with Crippen molar-refractivity contribution in [2.24, 2.45) is 57.3 Å². The number of rotatable bonds is 78. The number of carboxylic acid groups (broad SMARTS) is 1.